The summed E-state index contributed by atoms with van der Waals surface area (Å²) in [5, 5.41) is 10.9. The average Bonchev–Trinajstić information content (AvgIpc) is 2.61. The number of fused-ring (bicyclic) bond motifs is 1. The first-order chi connectivity index (χ1) is 13.1. The molecule has 0 aliphatic rings. The van der Waals surface area contributed by atoms with Gasteiger partial charge in [0.25, 0.3) is 0 Å². The second kappa shape index (κ2) is 7.20. The quantitative estimate of drug-likeness (QED) is 0.654. The molecule has 0 saturated carbocycles. The van der Waals surface area contributed by atoms with Crippen molar-refractivity contribution in [2.45, 2.75) is 19.2 Å². The summed E-state index contributed by atoms with van der Waals surface area (Å²) in [4.78, 5) is 23.5. The van der Waals surface area contributed by atoms with E-state index < -0.39 is 40.6 Å². The molecule has 9 heteroatoms. The third kappa shape index (κ3) is 3.82. The van der Waals surface area contributed by atoms with Crippen LogP contribution in [-0.4, -0.2) is 12.1 Å². The number of carboxylic acids is 1. The van der Waals surface area contributed by atoms with Crippen LogP contribution in [0, 0.1) is 0 Å². The highest BCUT2D eigenvalue weighted by Crippen LogP contribution is 2.38. The molecular formula is C19H11ClF3O5-. The molecule has 0 saturated heterocycles. The highest BCUT2D eigenvalue weighted by atomic mass is 35.5. The Morgan fingerprint density at radius 1 is 1.18 bits per heavy atom. The zero-order valence-electron chi connectivity index (χ0n) is 14.2. The zero-order valence-corrected chi connectivity index (χ0v) is 14.9. The summed E-state index contributed by atoms with van der Waals surface area (Å²) >= 11 is 5.76. The first-order valence-electron chi connectivity index (χ1n) is 7.89. The predicted molar refractivity (Wildman–Crippen MR) is 93.0 cm³/mol. The van der Waals surface area contributed by atoms with Crippen LogP contribution >= 0.6 is 11.6 Å². The zero-order chi connectivity index (χ0) is 20.6. The average molecular weight is 412 g/mol. The highest BCUT2D eigenvalue weighted by molar-refractivity contribution is 6.30. The number of aliphatic carboxylic acids is 1. The lowest BCUT2D eigenvalue weighted by molar-refractivity contribution is -0.312. The minimum absolute atomic E-state index is 0.00160. The van der Waals surface area contributed by atoms with E-state index in [1.54, 1.807) is 0 Å². The van der Waals surface area contributed by atoms with Gasteiger partial charge in [-0.15, -0.1) is 0 Å². The molecule has 0 N–H and O–H groups in total. The van der Waals surface area contributed by atoms with E-state index in [1.165, 1.54) is 43.3 Å². The molecule has 0 spiro atoms. The fourth-order valence-corrected chi connectivity index (χ4v) is 2.70. The van der Waals surface area contributed by atoms with Gasteiger partial charge in [0.1, 0.15) is 17.4 Å². The first-order valence-corrected chi connectivity index (χ1v) is 8.27. The van der Waals surface area contributed by atoms with E-state index in [0.29, 0.717) is 5.02 Å². The van der Waals surface area contributed by atoms with Crippen molar-refractivity contribution in [3.63, 3.8) is 0 Å². The number of carboxylic acid groups (broad SMARTS) is 1. The summed E-state index contributed by atoms with van der Waals surface area (Å²) in [5.74, 6) is -3.06. The van der Waals surface area contributed by atoms with Crippen molar-refractivity contribution < 1.29 is 32.2 Å². The highest BCUT2D eigenvalue weighted by Gasteiger charge is 2.39. The van der Waals surface area contributed by atoms with Crippen molar-refractivity contribution in [3.05, 3.63) is 63.5 Å². The molecule has 0 unspecified atom stereocenters. The molecule has 3 rings (SSSR count). The lowest BCUT2D eigenvalue weighted by Gasteiger charge is -2.16. The molecule has 28 heavy (non-hydrogen) atoms. The van der Waals surface area contributed by atoms with E-state index in [0.717, 1.165) is 6.07 Å². The number of hydrogen-bond acceptors (Lipinski definition) is 5. The van der Waals surface area contributed by atoms with E-state index in [1.807, 2.05) is 0 Å². The van der Waals surface area contributed by atoms with E-state index >= 15 is 0 Å². The Balaban J connectivity index is 2.24. The number of carbonyl (C=O) groups is 1. The number of benzene rings is 2. The van der Waals surface area contributed by atoms with Crippen LogP contribution in [0.5, 0.6) is 5.75 Å². The Hall–Kier alpha value is -3.00. The number of halogens is 4. The standard InChI is InChI=1S/C19H12ClF3O5/c1-9(18(25)26)27-12-6-7-13-14(8-12)28-17(19(21,22)23)15(16(13)24)10-2-4-11(20)5-3-10/h2-9H,1H3,(H,25,26)/p-1/t9-/m1/s1. The lowest BCUT2D eigenvalue weighted by atomic mass is 10.0. The van der Waals surface area contributed by atoms with Crippen LogP contribution in [0.1, 0.15) is 12.7 Å². The van der Waals surface area contributed by atoms with Gasteiger partial charge >= 0.3 is 6.18 Å². The molecule has 2 aromatic carbocycles. The van der Waals surface area contributed by atoms with E-state index in [4.69, 9.17) is 20.8 Å². The van der Waals surface area contributed by atoms with Gasteiger partial charge in [0.05, 0.1) is 16.9 Å². The summed E-state index contributed by atoms with van der Waals surface area (Å²) in [5.41, 5.74) is -1.93. The van der Waals surface area contributed by atoms with Gasteiger partial charge in [0.15, 0.2) is 0 Å². The fraction of sp³-hybridized carbons (Fsp3) is 0.158. The Kier molecular flexibility index (Phi) is 5.08. The molecule has 0 radical (unpaired) electrons. The van der Waals surface area contributed by atoms with Gasteiger partial charge in [-0.2, -0.15) is 13.2 Å². The number of carbonyl (C=O) groups excluding carboxylic acids is 1. The number of rotatable bonds is 4. The Labute approximate surface area is 160 Å². The van der Waals surface area contributed by atoms with Gasteiger partial charge in [-0.05, 0) is 36.8 Å². The topological polar surface area (TPSA) is 79.6 Å². The maximum atomic E-state index is 13.6. The van der Waals surface area contributed by atoms with Crippen LogP contribution in [0.4, 0.5) is 13.2 Å². The lowest BCUT2D eigenvalue weighted by Crippen LogP contribution is -2.37. The molecule has 0 amide bonds. The van der Waals surface area contributed by atoms with Gasteiger partial charge in [-0.1, -0.05) is 23.7 Å². The second-order valence-electron chi connectivity index (χ2n) is 5.88. The summed E-state index contributed by atoms with van der Waals surface area (Å²) in [6, 6.07) is 8.79. The molecule has 0 aliphatic carbocycles. The molecule has 146 valence electrons. The van der Waals surface area contributed by atoms with Crippen LogP contribution in [0.15, 0.2) is 51.7 Å². The molecule has 0 bridgehead atoms. The summed E-state index contributed by atoms with van der Waals surface area (Å²) < 4.78 is 50.7. The molecule has 0 aliphatic heterocycles. The summed E-state index contributed by atoms with van der Waals surface area (Å²) in [6.07, 6.45) is -6.29. The van der Waals surface area contributed by atoms with Crippen molar-refractivity contribution in [1.82, 2.24) is 0 Å². The molecular weight excluding hydrogens is 401 g/mol. The summed E-state index contributed by atoms with van der Waals surface area (Å²) in [6.45, 7) is 1.19. The molecule has 1 aromatic heterocycles. The monoisotopic (exact) mass is 411 g/mol. The third-order valence-electron chi connectivity index (χ3n) is 3.90. The van der Waals surface area contributed by atoms with Crippen LogP contribution in [0.3, 0.4) is 0 Å². The summed E-state index contributed by atoms with van der Waals surface area (Å²) in [7, 11) is 0. The first kappa shape index (κ1) is 19.8. The molecule has 0 fully saturated rings. The van der Waals surface area contributed by atoms with Gasteiger partial charge in [-0.3, -0.25) is 4.79 Å². The Morgan fingerprint density at radius 2 is 1.82 bits per heavy atom. The van der Waals surface area contributed by atoms with Gasteiger partial charge in [0, 0.05) is 11.1 Å². The van der Waals surface area contributed by atoms with Crippen molar-refractivity contribution in [1.29, 1.82) is 0 Å². The van der Waals surface area contributed by atoms with Crippen LogP contribution in [0.2, 0.25) is 5.02 Å². The minimum atomic E-state index is -4.95. The Bertz CT molecular complexity index is 1100. The van der Waals surface area contributed by atoms with Crippen LogP contribution in [-0.2, 0) is 11.0 Å². The number of ether oxygens (including phenoxy) is 1. The van der Waals surface area contributed by atoms with E-state index in [2.05, 4.69) is 0 Å². The largest absolute Gasteiger partial charge is 0.546 e. The van der Waals surface area contributed by atoms with Gasteiger partial charge < -0.3 is 19.1 Å². The van der Waals surface area contributed by atoms with E-state index in [-0.39, 0.29) is 16.7 Å². The second-order valence-corrected chi connectivity index (χ2v) is 6.31. The normalized spacial score (nSPS) is 12.8. The maximum Gasteiger partial charge on any atom is 0.450 e. The smallest absolute Gasteiger partial charge is 0.450 e. The SMILES string of the molecule is C[C@@H](Oc1ccc2c(=O)c(-c3ccc(Cl)cc3)c(C(F)(F)F)oc2c1)C(=O)[O-]. The van der Waals surface area contributed by atoms with Gasteiger partial charge in [-0.25, -0.2) is 0 Å². The molecule has 3 aromatic rings. The molecule has 5 nitrogen and oxygen atoms in total. The van der Waals surface area contributed by atoms with Gasteiger partial charge in [0.2, 0.25) is 11.2 Å². The van der Waals surface area contributed by atoms with Crippen molar-refractivity contribution in [2.75, 3.05) is 0 Å². The number of alkyl halides is 3. The van der Waals surface area contributed by atoms with Crippen molar-refractivity contribution in [3.8, 4) is 16.9 Å². The van der Waals surface area contributed by atoms with Crippen molar-refractivity contribution in [2.24, 2.45) is 0 Å². The third-order valence-corrected chi connectivity index (χ3v) is 4.15. The van der Waals surface area contributed by atoms with Crippen LogP contribution in [0.25, 0.3) is 22.1 Å². The predicted octanol–water partition coefficient (Wildman–Crippen LogP) is 3.65. The van der Waals surface area contributed by atoms with E-state index in [9.17, 15) is 27.9 Å². The minimum Gasteiger partial charge on any atom is -0.546 e. The van der Waals surface area contributed by atoms with Crippen molar-refractivity contribution >= 4 is 28.5 Å². The molecule has 1 heterocycles. The number of hydrogen-bond donors (Lipinski definition) is 0. The Morgan fingerprint density at radius 3 is 2.39 bits per heavy atom. The fourth-order valence-electron chi connectivity index (χ4n) is 2.58. The molecule has 1 atom stereocenters. The maximum absolute atomic E-state index is 13.6. The van der Waals surface area contributed by atoms with Crippen LogP contribution < -0.4 is 15.3 Å².